The first kappa shape index (κ1) is 18.0. The van der Waals surface area contributed by atoms with Gasteiger partial charge in [-0.1, -0.05) is 17.7 Å². The average molecular weight is 312 g/mol. The number of rotatable bonds is 4. The molecular formula is C16H24ClN2O2-. The van der Waals surface area contributed by atoms with Crippen molar-refractivity contribution >= 4 is 5.97 Å². The third-order valence-corrected chi connectivity index (χ3v) is 3.67. The van der Waals surface area contributed by atoms with Crippen LogP contribution in [0.4, 0.5) is 0 Å². The van der Waals surface area contributed by atoms with Crippen LogP contribution in [0.1, 0.15) is 22.8 Å². The summed E-state index contributed by atoms with van der Waals surface area (Å²) < 4.78 is 5.53. The van der Waals surface area contributed by atoms with Gasteiger partial charge in [-0.05, 0) is 33.0 Å². The van der Waals surface area contributed by atoms with E-state index in [-0.39, 0.29) is 24.5 Å². The highest BCUT2D eigenvalue weighted by Crippen LogP contribution is 2.09. The number of benzene rings is 1. The molecule has 21 heavy (non-hydrogen) atoms. The Hall–Kier alpha value is -1.10. The van der Waals surface area contributed by atoms with E-state index in [1.165, 1.54) is 0 Å². The van der Waals surface area contributed by atoms with Crippen molar-refractivity contribution in [2.75, 3.05) is 39.8 Å². The van der Waals surface area contributed by atoms with Gasteiger partial charge in [0.2, 0.25) is 0 Å². The summed E-state index contributed by atoms with van der Waals surface area (Å²) in [7, 11) is 2.14. The maximum absolute atomic E-state index is 12.1. The average Bonchev–Trinajstić information content (AvgIpc) is 2.41. The highest BCUT2D eigenvalue weighted by atomic mass is 35.5. The summed E-state index contributed by atoms with van der Waals surface area (Å²) in [5.41, 5.74) is 1.71. The van der Waals surface area contributed by atoms with E-state index >= 15 is 0 Å². The topological polar surface area (TPSA) is 32.8 Å². The van der Waals surface area contributed by atoms with Gasteiger partial charge >= 0.3 is 5.97 Å². The molecule has 5 heteroatoms. The number of carbonyl (C=O) groups excluding carboxylic acids is 1. The van der Waals surface area contributed by atoms with E-state index in [0.29, 0.717) is 5.56 Å². The molecule has 0 spiro atoms. The lowest BCUT2D eigenvalue weighted by molar-refractivity contribution is -0.0000468. The Labute approximate surface area is 133 Å². The highest BCUT2D eigenvalue weighted by molar-refractivity contribution is 5.89. The van der Waals surface area contributed by atoms with Crippen LogP contribution in [0.25, 0.3) is 0 Å². The van der Waals surface area contributed by atoms with Gasteiger partial charge in [0.1, 0.15) is 6.10 Å². The second kappa shape index (κ2) is 8.37. The van der Waals surface area contributed by atoms with E-state index in [9.17, 15) is 4.79 Å². The minimum Gasteiger partial charge on any atom is -1.00 e. The van der Waals surface area contributed by atoms with Crippen LogP contribution in [0, 0.1) is 6.92 Å². The molecule has 118 valence electrons. The molecular weight excluding hydrogens is 288 g/mol. The summed E-state index contributed by atoms with van der Waals surface area (Å²) in [4.78, 5) is 16.7. The molecule has 0 aromatic heterocycles. The van der Waals surface area contributed by atoms with Crippen LogP contribution in [0.2, 0.25) is 0 Å². The van der Waals surface area contributed by atoms with E-state index in [4.69, 9.17) is 4.74 Å². The van der Waals surface area contributed by atoms with Gasteiger partial charge < -0.3 is 22.0 Å². The molecule has 1 aromatic carbocycles. The Balaban J connectivity index is 0.00000220. The molecule has 1 fully saturated rings. The molecule has 2 rings (SSSR count). The minimum absolute atomic E-state index is 0. The predicted octanol–water partition coefficient (Wildman–Crippen LogP) is -1.21. The fraction of sp³-hybridized carbons (Fsp3) is 0.562. The maximum Gasteiger partial charge on any atom is 0.338 e. The van der Waals surface area contributed by atoms with Gasteiger partial charge in [0, 0.05) is 32.7 Å². The summed E-state index contributed by atoms with van der Waals surface area (Å²) in [6.45, 7) is 9.00. The van der Waals surface area contributed by atoms with Crippen molar-refractivity contribution < 1.29 is 21.9 Å². The van der Waals surface area contributed by atoms with Crippen molar-refractivity contribution in [1.29, 1.82) is 0 Å². The quantitative estimate of drug-likeness (QED) is 0.654. The fourth-order valence-electron chi connectivity index (χ4n) is 2.45. The van der Waals surface area contributed by atoms with Crippen molar-refractivity contribution in [3.05, 3.63) is 35.4 Å². The Morgan fingerprint density at radius 2 is 1.95 bits per heavy atom. The summed E-state index contributed by atoms with van der Waals surface area (Å²) >= 11 is 0. The maximum atomic E-state index is 12.1. The van der Waals surface area contributed by atoms with E-state index in [2.05, 4.69) is 16.8 Å². The number of nitrogens with zero attached hydrogens (tertiary/aromatic N) is 2. The molecule has 1 aliphatic heterocycles. The monoisotopic (exact) mass is 311 g/mol. The first-order valence-electron chi connectivity index (χ1n) is 7.23. The van der Waals surface area contributed by atoms with Crippen LogP contribution in [-0.2, 0) is 4.74 Å². The van der Waals surface area contributed by atoms with Crippen molar-refractivity contribution in [3.63, 3.8) is 0 Å². The van der Waals surface area contributed by atoms with Crippen molar-refractivity contribution in [2.45, 2.75) is 20.0 Å². The van der Waals surface area contributed by atoms with Crippen LogP contribution in [-0.4, -0.2) is 61.6 Å². The smallest absolute Gasteiger partial charge is 0.338 e. The van der Waals surface area contributed by atoms with Gasteiger partial charge in [-0.2, -0.15) is 0 Å². The Morgan fingerprint density at radius 3 is 2.57 bits per heavy atom. The van der Waals surface area contributed by atoms with Crippen LogP contribution in [0.5, 0.6) is 0 Å². The van der Waals surface area contributed by atoms with Gasteiger partial charge in [0.05, 0.1) is 5.56 Å². The van der Waals surface area contributed by atoms with Crippen LogP contribution in [0.15, 0.2) is 24.3 Å². The summed E-state index contributed by atoms with van der Waals surface area (Å²) in [6.07, 6.45) is -0.0774. The van der Waals surface area contributed by atoms with Crippen molar-refractivity contribution in [3.8, 4) is 0 Å². The lowest BCUT2D eigenvalue weighted by Crippen LogP contribution is -3.00. The van der Waals surface area contributed by atoms with E-state index in [1.54, 1.807) is 6.07 Å². The number of hydrogen-bond acceptors (Lipinski definition) is 4. The third kappa shape index (κ3) is 5.65. The minimum atomic E-state index is -0.227. The third-order valence-electron chi connectivity index (χ3n) is 3.67. The number of aryl methyl sites for hydroxylation is 1. The molecule has 1 saturated heterocycles. The lowest BCUT2D eigenvalue weighted by Gasteiger charge is -2.33. The first-order chi connectivity index (χ1) is 9.54. The zero-order chi connectivity index (χ0) is 14.5. The second-order valence-electron chi connectivity index (χ2n) is 5.69. The standard InChI is InChI=1S/C16H24N2O2.ClH/c1-13-5-4-6-15(11-13)16(19)20-14(2)12-18-9-7-17(3)8-10-18;/h4-6,11,14H,7-10,12H2,1-3H3;1H/p-1. The Bertz CT molecular complexity index is 459. The second-order valence-corrected chi connectivity index (χ2v) is 5.69. The number of halogens is 1. The molecule has 0 radical (unpaired) electrons. The number of esters is 1. The van der Waals surface area contributed by atoms with Crippen LogP contribution < -0.4 is 12.4 Å². The van der Waals surface area contributed by atoms with Crippen LogP contribution in [0.3, 0.4) is 0 Å². The summed E-state index contributed by atoms with van der Waals surface area (Å²) in [5, 5.41) is 0. The molecule has 1 aromatic rings. The van der Waals surface area contributed by atoms with Gasteiger partial charge in [0.25, 0.3) is 0 Å². The van der Waals surface area contributed by atoms with Gasteiger partial charge in [-0.3, -0.25) is 4.90 Å². The number of carbonyl (C=O) groups is 1. The molecule has 1 atom stereocenters. The summed E-state index contributed by atoms with van der Waals surface area (Å²) in [6, 6.07) is 7.53. The largest absolute Gasteiger partial charge is 1.00 e. The van der Waals surface area contributed by atoms with E-state index < -0.39 is 0 Å². The SMILES string of the molecule is Cc1cccc(C(=O)OC(C)CN2CCN(C)CC2)c1.[Cl-]. The Morgan fingerprint density at radius 1 is 1.29 bits per heavy atom. The van der Waals surface area contributed by atoms with E-state index in [1.807, 2.05) is 32.0 Å². The molecule has 4 nitrogen and oxygen atoms in total. The molecule has 0 N–H and O–H groups in total. The summed E-state index contributed by atoms with van der Waals surface area (Å²) in [5.74, 6) is -0.227. The number of hydrogen-bond donors (Lipinski definition) is 0. The predicted molar refractivity (Wildman–Crippen MR) is 80.0 cm³/mol. The van der Waals surface area contributed by atoms with Crippen molar-refractivity contribution in [1.82, 2.24) is 9.80 Å². The molecule has 0 saturated carbocycles. The van der Waals surface area contributed by atoms with Gasteiger partial charge in [-0.25, -0.2) is 4.79 Å². The number of likely N-dealkylation sites (N-methyl/N-ethyl adjacent to an activating group) is 1. The van der Waals surface area contributed by atoms with Gasteiger partial charge in [0.15, 0.2) is 0 Å². The molecule has 1 heterocycles. The van der Waals surface area contributed by atoms with Gasteiger partial charge in [-0.15, -0.1) is 0 Å². The highest BCUT2D eigenvalue weighted by Gasteiger charge is 2.18. The molecule has 0 bridgehead atoms. The fourth-order valence-corrected chi connectivity index (χ4v) is 2.45. The molecule has 1 unspecified atom stereocenters. The number of ether oxygens (including phenoxy) is 1. The molecule has 1 aliphatic rings. The lowest BCUT2D eigenvalue weighted by atomic mass is 10.1. The first-order valence-corrected chi connectivity index (χ1v) is 7.23. The molecule has 0 amide bonds. The zero-order valence-electron chi connectivity index (χ0n) is 13.0. The zero-order valence-corrected chi connectivity index (χ0v) is 13.8. The van der Waals surface area contributed by atoms with Crippen molar-refractivity contribution in [2.24, 2.45) is 0 Å². The number of piperazine rings is 1. The van der Waals surface area contributed by atoms with E-state index in [0.717, 1.165) is 38.3 Å². The van der Waals surface area contributed by atoms with Crippen LogP contribution >= 0.6 is 0 Å². The molecule has 0 aliphatic carbocycles. The normalized spacial score (nSPS) is 17.9. The Kier molecular flexibility index (Phi) is 7.15.